The summed E-state index contributed by atoms with van der Waals surface area (Å²) in [4.78, 5) is 25.5. The topological polar surface area (TPSA) is 70.7 Å². The Morgan fingerprint density at radius 3 is 2.64 bits per heavy atom. The van der Waals surface area contributed by atoms with Crippen LogP contribution in [-0.4, -0.2) is 56.6 Å². The van der Waals surface area contributed by atoms with E-state index < -0.39 is 0 Å². The molecule has 1 aromatic rings. The molecule has 1 saturated heterocycles. The van der Waals surface area contributed by atoms with Gasteiger partial charge in [0.05, 0.1) is 19.2 Å². The average Bonchev–Trinajstić information content (AvgIpc) is 2.75. The second-order valence-corrected chi connectivity index (χ2v) is 5.00. The maximum Gasteiger partial charge on any atom is 0.337 e. The monoisotopic (exact) mass is 327 g/mol. The molecule has 1 fully saturated rings. The van der Waals surface area contributed by atoms with Crippen LogP contribution < -0.4 is 10.6 Å². The highest BCUT2D eigenvalue weighted by Crippen LogP contribution is 2.10. The normalized spacial score (nSPS) is 15.3. The van der Waals surface area contributed by atoms with Gasteiger partial charge in [0.2, 0.25) is 5.91 Å². The van der Waals surface area contributed by atoms with Crippen LogP contribution in [0.25, 0.3) is 0 Å². The molecular formula is C15H22ClN3O3. The largest absolute Gasteiger partial charge is 0.465 e. The number of methoxy groups -OCH3 is 1. The predicted molar refractivity (Wildman–Crippen MR) is 87.6 cm³/mol. The van der Waals surface area contributed by atoms with Crippen LogP contribution in [0, 0.1) is 0 Å². The lowest BCUT2D eigenvalue weighted by Crippen LogP contribution is -2.35. The van der Waals surface area contributed by atoms with E-state index in [2.05, 4.69) is 20.3 Å². The highest BCUT2D eigenvalue weighted by Gasteiger charge is 2.13. The van der Waals surface area contributed by atoms with Crippen LogP contribution in [0.15, 0.2) is 24.3 Å². The van der Waals surface area contributed by atoms with Crippen LogP contribution in [0.2, 0.25) is 0 Å². The molecule has 0 saturated carbocycles. The molecule has 0 atom stereocenters. The Bertz CT molecular complexity index is 485. The summed E-state index contributed by atoms with van der Waals surface area (Å²) in [6.45, 7) is 4.13. The number of halogens is 1. The number of hydrogen-bond acceptors (Lipinski definition) is 5. The first-order valence-corrected chi connectivity index (χ1v) is 7.10. The molecule has 7 heteroatoms. The number of rotatable bonds is 4. The Labute approximate surface area is 136 Å². The van der Waals surface area contributed by atoms with Gasteiger partial charge in [-0.25, -0.2) is 4.79 Å². The van der Waals surface area contributed by atoms with Crippen LogP contribution in [-0.2, 0) is 9.53 Å². The van der Waals surface area contributed by atoms with E-state index in [-0.39, 0.29) is 24.3 Å². The number of ether oxygens (including phenoxy) is 1. The van der Waals surface area contributed by atoms with Crippen LogP contribution in [0.5, 0.6) is 0 Å². The van der Waals surface area contributed by atoms with Gasteiger partial charge in [-0.2, -0.15) is 0 Å². The van der Waals surface area contributed by atoms with E-state index >= 15 is 0 Å². The standard InChI is InChI=1S/C15H21N3O3.ClH/c1-21-15(20)12-3-5-13(6-4-12)17-14(19)11-18-9-2-7-16-8-10-18;/h3-6,16H,2,7-11H2,1H3,(H,17,19);1H. The number of benzene rings is 1. The molecular weight excluding hydrogens is 306 g/mol. The summed E-state index contributed by atoms with van der Waals surface area (Å²) >= 11 is 0. The average molecular weight is 328 g/mol. The van der Waals surface area contributed by atoms with Crippen LogP contribution in [0.3, 0.4) is 0 Å². The maximum atomic E-state index is 12.0. The first kappa shape index (κ1) is 18.4. The van der Waals surface area contributed by atoms with Gasteiger partial charge in [0.15, 0.2) is 0 Å². The minimum absolute atomic E-state index is 0. The number of amides is 1. The van der Waals surface area contributed by atoms with Crippen molar-refractivity contribution in [2.24, 2.45) is 0 Å². The maximum absolute atomic E-state index is 12.0. The summed E-state index contributed by atoms with van der Waals surface area (Å²) in [5, 5.41) is 6.15. The molecule has 0 radical (unpaired) electrons. The number of nitrogens with zero attached hydrogens (tertiary/aromatic N) is 1. The smallest absolute Gasteiger partial charge is 0.337 e. The number of hydrogen-bond donors (Lipinski definition) is 2. The molecule has 0 spiro atoms. The Morgan fingerprint density at radius 2 is 1.95 bits per heavy atom. The zero-order valence-corrected chi connectivity index (χ0v) is 13.4. The third-order valence-electron chi connectivity index (χ3n) is 3.39. The van der Waals surface area contributed by atoms with E-state index in [4.69, 9.17) is 0 Å². The quantitative estimate of drug-likeness (QED) is 0.811. The minimum Gasteiger partial charge on any atom is -0.465 e. The minimum atomic E-state index is -0.384. The first-order chi connectivity index (χ1) is 10.2. The van der Waals surface area contributed by atoms with Crippen molar-refractivity contribution in [2.45, 2.75) is 6.42 Å². The molecule has 0 aromatic heterocycles. The van der Waals surface area contributed by atoms with Gasteiger partial charge in [-0.15, -0.1) is 12.4 Å². The predicted octanol–water partition coefficient (Wildman–Crippen LogP) is 1.13. The van der Waals surface area contributed by atoms with Crippen molar-refractivity contribution in [3.8, 4) is 0 Å². The van der Waals surface area contributed by atoms with Crippen LogP contribution in [0.4, 0.5) is 5.69 Å². The summed E-state index contributed by atoms with van der Waals surface area (Å²) < 4.78 is 4.63. The molecule has 0 unspecified atom stereocenters. The summed E-state index contributed by atoms with van der Waals surface area (Å²) in [6, 6.07) is 6.68. The highest BCUT2D eigenvalue weighted by atomic mass is 35.5. The molecule has 1 aliphatic heterocycles. The summed E-state index contributed by atoms with van der Waals surface area (Å²) in [7, 11) is 1.34. The van der Waals surface area contributed by atoms with Gasteiger partial charge < -0.3 is 15.4 Å². The Hall–Kier alpha value is -1.63. The fraction of sp³-hybridized carbons (Fsp3) is 0.467. The zero-order valence-electron chi connectivity index (χ0n) is 12.6. The van der Waals surface area contributed by atoms with Gasteiger partial charge in [0.1, 0.15) is 0 Å². The van der Waals surface area contributed by atoms with Gasteiger partial charge in [0, 0.05) is 18.8 Å². The number of esters is 1. The first-order valence-electron chi connectivity index (χ1n) is 7.10. The number of nitrogens with one attached hydrogen (secondary N) is 2. The lowest BCUT2D eigenvalue weighted by atomic mass is 10.2. The fourth-order valence-corrected chi connectivity index (χ4v) is 2.27. The Kier molecular flexibility index (Phi) is 7.87. The molecule has 122 valence electrons. The van der Waals surface area contributed by atoms with Gasteiger partial charge in [-0.05, 0) is 43.8 Å². The summed E-state index contributed by atoms with van der Waals surface area (Å²) in [5.74, 6) is -0.423. The third-order valence-corrected chi connectivity index (χ3v) is 3.39. The molecule has 1 heterocycles. The van der Waals surface area contributed by atoms with E-state index in [0.717, 1.165) is 32.6 Å². The molecule has 1 aliphatic rings. The van der Waals surface area contributed by atoms with Crippen molar-refractivity contribution >= 4 is 30.0 Å². The molecule has 0 bridgehead atoms. The van der Waals surface area contributed by atoms with Crippen molar-refractivity contribution in [3.05, 3.63) is 29.8 Å². The van der Waals surface area contributed by atoms with Crippen molar-refractivity contribution < 1.29 is 14.3 Å². The molecule has 1 amide bonds. The fourth-order valence-electron chi connectivity index (χ4n) is 2.27. The van der Waals surface area contributed by atoms with E-state index in [9.17, 15) is 9.59 Å². The molecule has 22 heavy (non-hydrogen) atoms. The van der Waals surface area contributed by atoms with Crippen LogP contribution >= 0.6 is 12.4 Å². The summed E-state index contributed by atoms with van der Waals surface area (Å²) in [5.41, 5.74) is 1.15. The van der Waals surface area contributed by atoms with Gasteiger partial charge >= 0.3 is 5.97 Å². The third kappa shape index (κ3) is 5.63. The zero-order chi connectivity index (χ0) is 15.1. The Morgan fingerprint density at radius 1 is 1.23 bits per heavy atom. The Balaban J connectivity index is 0.00000242. The highest BCUT2D eigenvalue weighted by molar-refractivity contribution is 5.93. The number of anilines is 1. The van der Waals surface area contributed by atoms with Crippen molar-refractivity contribution in [3.63, 3.8) is 0 Å². The van der Waals surface area contributed by atoms with Gasteiger partial charge in [-0.1, -0.05) is 0 Å². The SMILES string of the molecule is COC(=O)c1ccc(NC(=O)CN2CCCNCC2)cc1.Cl. The van der Waals surface area contributed by atoms with E-state index in [1.807, 2.05) is 0 Å². The number of carbonyl (C=O) groups is 2. The number of carbonyl (C=O) groups excluding carboxylic acids is 2. The van der Waals surface area contributed by atoms with Crippen molar-refractivity contribution in [1.82, 2.24) is 10.2 Å². The second kappa shape index (κ2) is 9.40. The van der Waals surface area contributed by atoms with Crippen LogP contribution in [0.1, 0.15) is 16.8 Å². The molecule has 0 aliphatic carbocycles. The molecule has 6 nitrogen and oxygen atoms in total. The lowest BCUT2D eigenvalue weighted by Gasteiger charge is -2.18. The van der Waals surface area contributed by atoms with E-state index in [0.29, 0.717) is 17.8 Å². The molecule has 1 aromatic carbocycles. The van der Waals surface area contributed by atoms with E-state index in [1.54, 1.807) is 24.3 Å². The van der Waals surface area contributed by atoms with Crippen molar-refractivity contribution in [2.75, 3.05) is 45.2 Å². The second-order valence-electron chi connectivity index (χ2n) is 5.00. The van der Waals surface area contributed by atoms with Gasteiger partial charge in [-0.3, -0.25) is 9.69 Å². The summed E-state index contributed by atoms with van der Waals surface area (Å²) in [6.07, 6.45) is 1.06. The molecule has 2 N–H and O–H groups in total. The van der Waals surface area contributed by atoms with Crippen molar-refractivity contribution in [1.29, 1.82) is 0 Å². The van der Waals surface area contributed by atoms with E-state index in [1.165, 1.54) is 7.11 Å². The lowest BCUT2D eigenvalue weighted by molar-refractivity contribution is -0.117. The van der Waals surface area contributed by atoms with Gasteiger partial charge in [0.25, 0.3) is 0 Å². The molecule has 2 rings (SSSR count).